The summed E-state index contributed by atoms with van der Waals surface area (Å²) in [6.07, 6.45) is 2.45. The molecule has 1 atom stereocenters. The van der Waals surface area contributed by atoms with E-state index in [4.69, 9.17) is 4.74 Å². The van der Waals surface area contributed by atoms with Crippen molar-refractivity contribution < 1.29 is 4.74 Å². The van der Waals surface area contributed by atoms with Gasteiger partial charge in [-0.3, -0.25) is 0 Å². The average Bonchev–Trinajstić information content (AvgIpc) is 2.37. The Labute approximate surface area is 118 Å². The van der Waals surface area contributed by atoms with Crippen molar-refractivity contribution in [2.45, 2.75) is 47.1 Å². The topological polar surface area (TPSA) is 21.3 Å². The minimum atomic E-state index is 0.627. The molecule has 1 aromatic rings. The van der Waals surface area contributed by atoms with Crippen molar-refractivity contribution in [3.63, 3.8) is 0 Å². The summed E-state index contributed by atoms with van der Waals surface area (Å²) in [7, 11) is 0. The van der Waals surface area contributed by atoms with Crippen molar-refractivity contribution in [3.05, 3.63) is 29.8 Å². The Morgan fingerprint density at radius 3 is 2.58 bits per heavy atom. The molecule has 0 amide bonds. The van der Waals surface area contributed by atoms with Crippen molar-refractivity contribution >= 4 is 0 Å². The lowest BCUT2D eigenvalue weighted by Crippen LogP contribution is -2.19. The van der Waals surface area contributed by atoms with Crippen LogP contribution in [0.2, 0.25) is 0 Å². The first kappa shape index (κ1) is 16.0. The van der Waals surface area contributed by atoms with Crippen LogP contribution in [0, 0.1) is 11.8 Å². The molecule has 1 unspecified atom stereocenters. The van der Waals surface area contributed by atoms with Crippen LogP contribution in [-0.2, 0) is 6.54 Å². The van der Waals surface area contributed by atoms with Gasteiger partial charge >= 0.3 is 0 Å². The second kappa shape index (κ2) is 8.98. The molecule has 0 aromatic heterocycles. The lowest BCUT2D eigenvalue weighted by atomic mass is 10.1. The van der Waals surface area contributed by atoms with Gasteiger partial charge in [-0.2, -0.15) is 0 Å². The summed E-state index contributed by atoms with van der Waals surface area (Å²) in [5.74, 6) is 2.33. The third kappa shape index (κ3) is 6.63. The molecule has 0 spiro atoms. The van der Waals surface area contributed by atoms with Crippen LogP contribution < -0.4 is 10.1 Å². The van der Waals surface area contributed by atoms with E-state index in [-0.39, 0.29) is 0 Å². The van der Waals surface area contributed by atoms with E-state index in [1.165, 1.54) is 18.4 Å². The van der Waals surface area contributed by atoms with E-state index in [1.54, 1.807) is 0 Å². The van der Waals surface area contributed by atoms with Crippen molar-refractivity contribution in [1.29, 1.82) is 0 Å². The SMILES string of the molecule is CCCC(C)COc1ccccc1CNCC(C)C. The number of nitrogens with one attached hydrogen (secondary N) is 1. The number of benzene rings is 1. The molecule has 2 nitrogen and oxygen atoms in total. The van der Waals surface area contributed by atoms with Gasteiger partial charge in [0.25, 0.3) is 0 Å². The van der Waals surface area contributed by atoms with Crippen LogP contribution >= 0.6 is 0 Å². The Bertz CT molecular complexity index is 349. The van der Waals surface area contributed by atoms with E-state index >= 15 is 0 Å². The molecule has 19 heavy (non-hydrogen) atoms. The number of hydrogen-bond donors (Lipinski definition) is 1. The highest BCUT2D eigenvalue weighted by Crippen LogP contribution is 2.19. The highest BCUT2D eigenvalue weighted by molar-refractivity contribution is 5.33. The Balaban J connectivity index is 2.48. The zero-order chi connectivity index (χ0) is 14.1. The number of para-hydroxylation sites is 1. The summed E-state index contributed by atoms with van der Waals surface area (Å²) in [4.78, 5) is 0. The van der Waals surface area contributed by atoms with E-state index in [9.17, 15) is 0 Å². The number of ether oxygens (including phenoxy) is 1. The van der Waals surface area contributed by atoms with Crippen LogP contribution in [0.5, 0.6) is 5.75 Å². The van der Waals surface area contributed by atoms with Gasteiger partial charge in [0.15, 0.2) is 0 Å². The van der Waals surface area contributed by atoms with Crippen LogP contribution in [0.1, 0.15) is 46.1 Å². The Morgan fingerprint density at radius 1 is 1.16 bits per heavy atom. The maximum atomic E-state index is 5.97. The molecule has 0 radical (unpaired) electrons. The molecule has 0 aliphatic heterocycles. The average molecular weight is 263 g/mol. The van der Waals surface area contributed by atoms with E-state index in [0.717, 1.165) is 25.4 Å². The molecule has 2 heteroatoms. The van der Waals surface area contributed by atoms with E-state index < -0.39 is 0 Å². The standard InChI is InChI=1S/C17H29NO/c1-5-8-15(4)13-19-17-10-7-6-9-16(17)12-18-11-14(2)3/h6-7,9-10,14-15,18H,5,8,11-13H2,1-4H3. The molecule has 1 rings (SSSR count). The van der Waals surface area contributed by atoms with Crippen LogP contribution in [0.4, 0.5) is 0 Å². The Kier molecular flexibility index (Phi) is 7.57. The third-order valence-electron chi connectivity index (χ3n) is 3.15. The second-order valence-electron chi connectivity index (χ2n) is 5.84. The minimum Gasteiger partial charge on any atom is -0.493 e. The fraction of sp³-hybridized carbons (Fsp3) is 0.647. The van der Waals surface area contributed by atoms with Crippen molar-refractivity contribution in [3.8, 4) is 5.75 Å². The minimum absolute atomic E-state index is 0.627. The van der Waals surface area contributed by atoms with E-state index in [1.807, 2.05) is 6.07 Å². The van der Waals surface area contributed by atoms with Gasteiger partial charge < -0.3 is 10.1 Å². The second-order valence-corrected chi connectivity index (χ2v) is 5.84. The van der Waals surface area contributed by atoms with Gasteiger partial charge in [0.1, 0.15) is 5.75 Å². The van der Waals surface area contributed by atoms with Gasteiger partial charge in [-0.15, -0.1) is 0 Å². The van der Waals surface area contributed by atoms with Crippen molar-refractivity contribution in [2.24, 2.45) is 11.8 Å². The summed E-state index contributed by atoms with van der Waals surface area (Å²) in [6.45, 7) is 11.7. The molecule has 0 fully saturated rings. The first-order valence-electron chi connectivity index (χ1n) is 7.54. The smallest absolute Gasteiger partial charge is 0.123 e. The molecular weight excluding hydrogens is 234 g/mol. The van der Waals surface area contributed by atoms with Gasteiger partial charge in [0, 0.05) is 12.1 Å². The summed E-state index contributed by atoms with van der Waals surface area (Å²) < 4.78 is 5.97. The summed E-state index contributed by atoms with van der Waals surface area (Å²) in [5.41, 5.74) is 1.26. The fourth-order valence-corrected chi connectivity index (χ4v) is 2.09. The molecule has 1 N–H and O–H groups in total. The van der Waals surface area contributed by atoms with Gasteiger partial charge in [0.05, 0.1) is 6.61 Å². The summed E-state index contributed by atoms with van der Waals surface area (Å²) in [6, 6.07) is 8.35. The zero-order valence-corrected chi connectivity index (χ0v) is 12.9. The Morgan fingerprint density at radius 2 is 1.89 bits per heavy atom. The van der Waals surface area contributed by atoms with Crippen LogP contribution in [-0.4, -0.2) is 13.2 Å². The van der Waals surface area contributed by atoms with Gasteiger partial charge in [-0.25, -0.2) is 0 Å². The maximum Gasteiger partial charge on any atom is 0.123 e. The molecule has 1 aromatic carbocycles. The quantitative estimate of drug-likeness (QED) is 0.719. The van der Waals surface area contributed by atoms with Gasteiger partial charge in [0.2, 0.25) is 0 Å². The van der Waals surface area contributed by atoms with Crippen molar-refractivity contribution in [1.82, 2.24) is 5.32 Å². The highest BCUT2D eigenvalue weighted by Gasteiger charge is 2.06. The largest absolute Gasteiger partial charge is 0.493 e. The predicted octanol–water partition coefficient (Wildman–Crippen LogP) is 4.25. The van der Waals surface area contributed by atoms with Crippen LogP contribution in [0.15, 0.2) is 24.3 Å². The highest BCUT2D eigenvalue weighted by atomic mass is 16.5. The summed E-state index contributed by atoms with van der Waals surface area (Å²) >= 11 is 0. The number of rotatable bonds is 9. The molecule has 0 aliphatic carbocycles. The lowest BCUT2D eigenvalue weighted by molar-refractivity contribution is 0.249. The molecular formula is C17H29NO. The molecule has 0 bridgehead atoms. The Hall–Kier alpha value is -1.02. The molecule has 0 saturated carbocycles. The first-order chi connectivity index (χ1) is 9.13. The normalized spacial score (nSPS) is 12.7. The number of hydrogen-bond acceptors (Lipinski definition) is 2. The van der Waals surface area contributed by atoms with Gasteiger partial charge in [-0.1, -0.05) is 52.3 Å². The monoisotopic (exact) mass is 263 g/mol. The van der Waals surface area contributed by atoms with E-state index in [2.05, 4.69) is 51.2 Å². The maximum absolute atomic E-state index is 5.97. The first-order valence-corrected chi connectivity index (χ1v) is 7.54. The molecule has 0 aliphatic rings. The lowest BCUT2D eigenvalue weighted by Gasteiger charge is -2.16. The van der Waals surface area contributed by atoms with Crippen molar-refractivity contribution in [2.75, 3.05) is 13.2 Å². The van der Waals surface area contributed by atoms with Gasteiger partial charge in [-0.05, 0) is 30.9 Å². The van der Waals surface area contributed by atoms with Crippen LogP contribution in [0.25, 0.3) is 0 Å². The zero-order valence-electron chi connectivity index (χ0n) is 12.9. The fourth-order valence-electron chi connectivity index (χ4n) is 2.09. The van der Waals surface area contributed by atoms with Crippen LogP contribution in [0.3, 0.4) is 0 Å². The molecule has 108 valence electrons. The summed E-state index contributed by atoms with van der Waals surface area (Å²) in [5, 5.41) is 3.47. The predicted molar refractivity (Wildman–Crippen MR) is 82.6 cm³/mol. The molecule has 0 heterocycles. The van der Waals surface area contributed by atoms with E-state index in [0.29, 0.717) is 11.8 Å². The molecule has 0 saturated heterocycles. The third-order valence-corrected chi connectivity index (χ3v) is 3.15.